The number of rotatable bonds is 6. The van der Waals surface area contributed by atoms with Crippen molar-refractivity contribution in [3.8, 4) is 0 Å². The first-order valence-corrected chi connectivity index (χ1v) is 8.84. The summed E-state index contributed by atoms with van der Waals surface area (Å²) in [7, 11) is 3.85. The number of ether oxygens (including phenoxy) is 1. The van der Waals surface area contributed by atoms with E-state index in [4.69, 9.17) is 16.3 Å². The highest BCUT2D eigenvalue weighted by molar-refractivity contribution is 6.30. The summed E-state index contributed by atoms with van der Waals surface area (Å²) in [5.74, 6) is 0.922. The number of aryl methyl sites for hydroxylation is 3. The molecule has 0 spiro atoms. The van der Waals surface area contributed by atoms with Crippen LogP contribution in [0.25, 0.3) is 0 Å². The predicted molar refractivity (Wildman–Crippen MR) is 94.2 cm³/mol. The van der Waals surface area contributed by atoms with E-state index >= 15 is 0 Å². The Kier molecular flexibility index (Phi) is 5.27. The van der Waals surface area contributed by atoms with E-state index < -0.39 is 0 Å². The highest BCUT2D eigenvalue weighted by Gasteiger charge is 2.35. The zero-order chi connectivity index (χ0) is 17.3. The van der Waals surface area contributed by atoms with Crippen molar-refractivity contribution >= 4 is 11.6 Å². The van der Waals surface area contributed by atoms with Gasteiger partial charge in [0.15, 0.2) is 0 Å². The molecule has 7 heteroatoms. The molecule has 1 aliphatic heterocycles. The monoisotopic (exact) mass is 351 g/mol. The van der Waals surface area contributed by atoms with Gasteiger partial charge in [-0.2, -0.15) is 10.2 Å². The van der Waals surface area contributed by atoms with Crippen LogP contribution in [0.3, 0.4) is 0 Å². The summed E-state index contributed by atoms with van der Waals surface area (Å²) in [5, 5.41) is 9.50. The van der Waals surface area contributed by atoms with E-state index in [9.17, 15) is 0 Å². The molecule has 24 heavy (non-hydrogen) atoms. The summed E-state index contributed by atoms with van der Waals surface area (Å²) >= 11 is 6.40. The van der Waals surface area contributed by atoms with E-state index in [2.05, 4.69) is 21.3 Å². The van der Waals surface area contributed by atoms with Gasteiger partial charge in [0, 0.05) is 63.9 Å². The molecule has 3 rings (SSSR count). The summed E-state index contributed by atoms with van der Waals surface area (Å²) in [4.78, 5) is 2.46. The number of nitrogens with zero attached hydrogens (tertiary/aromatic N) is 5. The smallest absolute Gasteiger partial charge is 0.131 e. The summed E-state index contributed by atoms with van der Waals surface area (Å²) < 4.78 is 9.35. The lowest BCUT2D eigenvalue weighted by Gasteiger charge is -2.16. The van der Waals surface area contributed by atoms with Gasteiger partial charge in [-0.15, -0.1) is 0 Å². The number of likely N-dealkylation sites (tertiary alicyclic amines) is 1. The van der Waals surface area contributed by atoms with E-state index in [-0.39, 0.29) is 0 Å². The Balaban J connectivity index is 1.76. The molecule has 0 saturated carbocycles. The first-order chi connectivity index (χ1) is 11.5. The van der Waals surface area contributed by atoms with Gasteiger partial charge in [0.2, 0.25) is 0 Å². The van der Waals surface area contributed by atoms with Gasteiger partial charge in [-0.3, -0.25) is 14.3 Å². The maximum Gasteiger partial charge on any atom is 0.131 e. The number of hydrogen-bond acceptors (Lipinski definition) is 4. The van der Waals surface area contributed by atoms with Gasteiger partial charge in [-0.1, -0.05) is 11.6 Å². The van der Waals surface area contributed by atoms with E-state index in [0.717, 1.165) is 49.3 Å². The molecular formula is C17H26ClN5O. The Morgan fingerprint density at radius 2 is 2.12 bits per heavy atom. The second-order valence-corrected chi connectivity index (χ2v) is 7.00. The first kappa shape index (κ1) is 17.5. The first-order valence-electron chi connectivity index (χ1n) is 8.46. The van der Waals surface area contributed by atoms with Crippen molar-refractivity contribution in [2.24, 2.45) is 20.0 Å². The summed E-state index contributed by atoms with van der Waals surface area (Å²) in [6.45, 7) is 8.43. The van der Waals surface area contributed by atoms with Gasteiger partial charge in [-0.05, 0) is 19.4 Å². The largest absolute Gasteiger partial charge is 0.381 e. The molecule has 0 amide bonds. The molecule has 0 aromatic carbocycles. The maximum absolute atomic E-state index is 6.40. The predicted octanol–water partition coefficient (Wildman–Crippen LogP) is 2.37. The minimum atomic E-state index is 0.445. The van der Waals surface area contributed by atoms with Crippen LogP contribution in [0.5, 0.6) is 0 Å². The van der Waals surface area contributed by atoms with Gasteiger partial charge in [-0.25, -0.2) is 0 Å². The van der Waals surface area contributed by atoms with Crippen LogP contribution in [0.2, 0.25) is 5.15 Å². The standard InChI is InChI=1S/C17H26ClN5O/c1-5-24-11-14-8-23(9-15-12(2)20-22(4)17(15)18)10-16(14)13-6-19-21(3)7-13/h6-7,14,16H,5,8-11H2,1-4H3/t14-,16-/m0/s1. The van der Waals surface area contributed by atoms with Gasteiger partial charge >= 0.3 is 0 Å². The molecule has 0 unspecified atom stereocenters. The average molecular weight is 352 g/mol. The van der Waals surface area contributed by atoms with E-state index in [1.54, 1.807) is 4.68 Å². The second-order valence-electron chi connectivity index (χ2n) is 6.65. The molecule has 6 nitrogen and oxygen atoms in total. The Morgan fingerprint density at radius 3 is 2.71 bits per heavy atom. The SMILES string of the molecule is CCOC[C@@H]1CN(Cc2c(C)nn(C)c2Cl)C[C@H]1c1cnn(C)c1. The van der Waals surface area contributed by atoms with Crippen molar-refractivity contribution < 1.29 is 4.74 Å². The van der Waals surface area contributed by atoms with Crippen molar-refractivity contribution in [3.05, 3.63) is 34.4 Å². The van der Waals surface area contributed by atoms with Crippen molar-refractivity contribution in [1.29, 1.82) is 0 Å². The van der Waals surface area contributed by atoms with Crippen LogP contribution in [0, 0.1) is 12.8 Å². The zero-order valence-electron chi connectivity index (χ0n) is 14.9. The van der Waals surface area contributed by atoms with Crippen LogP contribution in [-0.2, 0) is 25.4 Å². The van der Waals surface area contributed by atoms with Gasteiger partial charge in [0.05, 0.1) is 18.5 Å². The Labute approximate surface area is 148 Å². The lowest BCUT2D eigenvalue weighted by molar-refractivity contribution is 0.107. The maximum atomic E-state index is 6.40. The minimum absolute atomic E-state index is 0.445. The fourth-order valence-electron chi connectivity index (χ4n) is 3.61. The Morgan fingerprint density at radius 1 is 1.33 bits per heavy atom. The molecule has 2 aromatic heterocycles. The van der Waals surface area contributed by atoms with Crippen LogP contribution < -0.4 is 0 Å². The Hall–Kier alpha value is -1.37. The molecule has 0 radical (unpaired) electrons. The third-order valence-corrected chi connectivity index (χ3v) is 5.33. The number of aromatic nitrogens is 4. The van der Waals surface area contributed by atoms with Gasteiger partial charge in [0.1, 0.15) is 5.15 Å². The van der Waals surface area contributed by atoms with Crippen LogP contribution in [-0.4, -0.2) is 50.8 Å². The van der Waals surface area contributed by atoms with Crippen LogP contribution in [0.4, 0.5) is 0 Å². The molecule has 0 N–H and O–H groups in total. The van der Waals surface area contributed by atoms with Crippen molar-refractivity contribution in [2.45, 2.75) is 26.3 Å². The average Bonchev–Trinajstić information content (AvgIpc) is 3.20. The third-order valence-electron chi connectivity index (χ3n) is 4.86. The normalized spacial score (nSPS) is 21.7. The van der Waals surface area contributed by atoms with Crippen LogP contribution in [0.1, 0.15) is 29.7 Å². The lowest BCUT2D eigenvalue weighted by atomic mass is 9.92. The second kappa shape index (κ2) is 7.25. The topological polar surface area (TPSA) is 48.1 Å². The van der Waals surface area contributed by atoms with Crippen LogP contribution in [0.15, 0.2) is 12.4 Å². The third kappa shape index (κ3) is 3.50. The molecule has 132 valence electrons. The van der Waals surface area contributed by atoms with E-state index in [0.29, 0.717) is 11.8 Å². The van der Waals surface area contributed by atoms with Crippen molar-refractivity contribution in [3.63, 3.8) is 0 Å². The number of hydrogen-bond donors (Lipinski definition) is 0. The molecule has 0 bridgehead atoms. The lowest BCUT2D eigenvalue weighted by Crippen LogP contribution is -2.22. The molecule has 1 saturated heterocycles. The molecule has 0 aliphatic carbocycles. The Bertz CT molecular complexity index is 695. The van der Waals surface area contributed by atoms with Crippen molar-refractivity contribution in [1.82, 2.24) is 24.5 Å². The number of halogens is 1. The molecule has 3 heterocycles. The van der Waals surface area contributed by atoms with Gasteiger partial charge < -0.3 is 4.74 Å². The molecule has 2 atom stereocenters. The molecule has 1 fully saturated rings. The van der Waals surface area contributed by atoms with E-state index in [1.807, 2.05) is 38.8 Å². The quantitative estimate of drug-likeness (QED) is 0.801. The fraction of sp³-hybridized carbons (Fsp3) is 0.647. The summed E-state index contributed by atoms with van der Waals surface area (Å²) in [6.07, 6.45) is 4.10. The molecular weight excluding hydrogens is 326 g/mol. The highest BCUT2D eigenvalue weighted by atomic mass is 35.5. The molecule has 1 aliphatic rings. The zero-order valence-corrected chi connectivity index (χ0v) is 15.6. The van der Waals surface area contributed by atoms with Crippen LogP contribution >= 0.6 is 11.6 Å². The summed E-state index contributed by atoms with van der Waals surface area (Å²) in [6, 6.07) is 0. The fourth-order valence-corrected chi connectivity index (χ4v) is 3.85. The summed E-state index contributed by atoms with van der Waals surface area (Å²) in [5.41, 5.74) is 3.42. The minimum Gasteiger partial charge on any atom is -0.381 e. The molecule has 2 aromatic rings. The van der Waals surface area contributed by atoms with E-state index in [1.165, 1.54) is 5.56 Å². The highest BCUT2D eigenvalue weighted by Crippen LogP contribution is 2.34. The van der Waals surface area contributed by atoms with Crippen molar-refractivity contribution in [2.75, 3.05) is 26.3 Å². The van der Waals surface area contributed by atoms with Gasteiger partial charge in [0.25, 0.3) is 0 Å².